The van der Waals surface area contributed by atoms with E-state index in [4.69, 9.17) is 30.4 Å². The van der Waals surface area contributed by atoms with E-state index in [-0.39, 0.29) is 68.7 Å². The second-order valence-electron chi connectivity index (χ2n) is 16.1. The monoisotopic (exact) mass is 1020 g/mol. The van der Waals surface area contributed by atoms with Gasteiger partial charge in [-0.2, -0.15) is 0 Å². The molecule has 0 aromatic heterocycles. The summed E-state index contributed by atoms with van der Waals surface area (Å²) in [6.45, 7) is -1.88. The molecule has 0 aromatic carbocycles. The molecule has 3 saturated heterocycles. The zero-order valence-electron chi connectivity index (χ0n) is 36.7. The first kappa shape index (κ1) is 59.4. The third-order valence-electron chi connectivity index (χ3n) is 11.2. The zero-order valence-corrected chi connectivity index (χ0v) is 39.2. The summed E-state index contributed by atoms with van der Waals surface area (Å²) in [7, 11) is 0. The molecular formula is C39H68N4O21S3. The predicted molar refractivity (Wildman–Crippen MR) is 237 cm³/mol. The summed E-state index contributed by atoms with van der Waals surface area (Å²) < 4.78 is 21.4. The molecule has 388 valence electrons. The number of thioether (sulfide) groups is 3. The van der Waals surface area contributed by atoms with Crippen molar-refractivity contribution < 1.29 is 104 Å². The van der Waals surface area contributed by atoms with Gasteiger partial charge in [-0.15, -0.1) is 35.3 Å². The quantitative estimate of drug-likeness (QED) is 0.0207. The van der Waals surface area contributed by atoms with Crippen LogP contribution in [0, 0.1) is 0 Å². The van der Waals surface area contributed by atoms with Crippen molar-refractivity contribution in [2.75, 3.05) is 50.2 Å². The molecule has 0 unspecified atom stereocenters. The first-order chi connectivity index (χ1) is 31.8. The molecule has 17 N–H and O–H groups in total. The molecule has 3 heterocycles. The van der Waals surface area contributed by atoms with Crippen molar-refractivity contribution in [1.29, 1.82) is 0 Å². The number of ether oxygens (including phenoxy) is 4. The van der Waals surface area contributed by atoms with Crippen LogP contribution < -0.4 is 16.8 Å². The highest BCUT2D eigenvalue weighted by molar-refractivity contribution is 8.00. The summed E-state index contributed by atoms with van der Waals surface area (Å²) in [5.74, 6) is -4.48. The van der Waals surface area contributed by atoms with Crippen LogP contribution in [0.4, 0.5) is 0 Å². The van der Waals surface area contributed by atoms with Gasteiger partial charge in [0.1, 0.15) is 102 Å². The number of carbonyl (C=O) groups is 5. The second kappa shape index (κ2) is 30.1. The fourth-order valence-electron chi connectivity index (χ4n) is 7.07. The molecule has 0 aromatic rings. The zero-order chi connectivity index (χ0) is 50.0. The number of nitrogens with one attached hydrogen (secondary N) is 1. The summed E-state index contributed by atoms with van der Waals surface area (Å²) in [5.41, 5.74) is 7.96. The molecule has 67 heavy (non-hydrogen) atoms. The summed E-state index contributed by atoms with van der Waals surface area (Å²) in [4.78, 5) is 67.4. The molecule has 3 amide bonds. The van der Waals surface area contributed by atoms with Crippen molar-refractivity contribution in [3.8, 4) is 0 Å². The number of carbonyl (C=O) groups excluding carboxylic acids is 5. The Bertz CT molecular complexity index is 1490. The molecule has 0 radical (unpaired) electrons. The van der Waals surface area contributed by atoms with Gasteiger partial charge in [0.15, 0.2) is 0 Å². The Kier molecular flexibility index (Phi) is 26.7. The molecule has 3 aliphatic heterocycles. The van der Waals surface area contributed by atoms with Gasteiger partial charge in [0.05, 0.1) is 19.8 Å². The lowest BCUT2D eigenvalue weighted by atomic mass is 10.0. The highest BCUT2D eigenvalue weighted by atomic mass is 32.2. The van der Waals surface area contributed by atoms with Gasteiger partial charge in [0, 0.05) is 43.1 Å². The second-order valence-corrected chi connectivity index (χ2v) is 19.8. The Balaban J connectivity index is 1.69. The van der Waals surface area contributed by atoms with E-state index in [1.165, 1.54) is 0 Å². The Hall–Kier alpha value is -1.88. The number of amides is 3. The number of nitrogens with zero attached hydrogens (tertiary/aromatic N) is 1. The van der Waals surface area contributed by atoms with Crippen LogP contribution in [0.15, 0.2) is 0 Å². The van der Waals surface area contributed by atoms with E-state index in [1.54, 1.807) is 0 Å². The molecule has 25 nitrogen and oxygen atoms in total. The van der Waals surface area contributed by atoms with Gasteiger partial charge in [-0.05, 0) is 38.6 Å². The van der Waals surface area contributed by atoms with Crippen molar-refractivity contribution in [2.45, 2.75) is 159 Å². The minimum Gasteiger partial charge on any atom is -0.394 e. The van der Waals surface area contributed by atoms with Gasteiger partial charge in [-0.1, -0.05) is 6.42 Å². The normalized spacial score (nSPS) is 33.1. The number of nitrogens with two attached hydrogens (primary N) is 2. The van der Waals surface area contributed by atoms with E-state index in [1.807, 2.05) is 0 Å². The van der Waals surface area contributed by atoms with E-state index in [0.29, 0.717) is 19.4 Å². The Morgan fingerprint density at radius 3 is 1.36 bits per heavy atom. The van der Waals surface area contributed by atoms with Gasteiger partial charge in [-0.25, -0.2) is 9.59 Å². The molecule has 0 spiro atoms. The number of rotatable bonds is 27. The lowest BCUT2D eigenvalue weighted by Gasteiger charge is -2.39. The van der Waals surface area contributed by atoms with Gasteiger partial charge < -0.3 is 97.0 Å². The average Bonchev–Trinajstić information content (AvgIpc) is 3.30. The molecule has 28 heteroatoms. The number of unbranched alkanes of at least 4 members (excludes halogenated alkanes) is 2. The van der Waals surface area contributed by atoms with E-state index >= 15 is 0 Å². The van der Waals surface area contributed by atoms with Gasteiger partial charge >= 0.3 is 11.9 Å². The SMILES string of the molecule is NCCCC[C@H](N)C(=O)OC(=O)[C@H](CCCCN(C(=O)CCS[C@H]1O[C@H](CO)[C@@H](O)[C@H](O)[C@@H]1O)C(=O)CCS[C@H]1O[C@H](CO)[C@@H](O)[C@H](O)[C@@H]1O)NC(=O)CCS[C@H]1O[C@H](CO)[C@@H](O)[C@H](O)[C@@H]1O. The number of aliphatic hydroxyl groups excluding tert-OH is 12. The van der Waals surface area contributed by atoms with Crippen LogP contribution >= 0.6 is 35.3 Å². The molecule has 0 saturated carbocycles. The topological polar surface area (TPSA) is 432 Å². The summed E-state index contributed by atoms with van der Waals surface area (Å²) in [6, 6.07) is -2.61. The predicted octanol–water partition coefficient (Wildman–Crippen LogP) is -6.71. The summed E-state index contributed by atoms with van der Waals surface area (Å²) in [5, 5.41) is 123. The lowest BCUT2D eigenvalue weighted by Crippen LogP contribution is -2.57. The van der Waals surface area contributed by atoms with E-state index in [2.05, 4.69) is 5.32 Å². The lowest BCUT2D eigenvalue weighted by molar-refractivity contribution is -0.205. The molecule has 0 aliphatic carbocycles. The van der Waals surface area contributed by atoms with Crippen LogP contribution in [0.1, 0.15) is 57.8 Å². The largest absolute Gasteiger partial charge is 0.394 e. The van der Waals surface area contributed by atoms with Crippen molar-refractivity contribution in [3.05, 3.63) is 0 Å². The number of esters is 2. The maximum absolute atomic E-state index is 13.6. The molecule has 3 aliphatic rings. The Labute approximate surface area is 399 Å². The standard InChI is InChI=1S/C39H68N4O21S3/c40-10-3-1-5-18(41)35(59)64-36(60)19(42-23(47)7-12-65-37-32(56)29(53)26(50)20(15-44)61-37)6-2-4-11-43(24(48)8-13-66-38-33(57)30(54)27(51)21(16-45)62-38)25(49)9-14-67-39-34(58)31(55)28(52)22(17-46)63-39/h18-22,26-34,37-39,44-46,50-58H,1-17,40-41H2,(H,42,47)/t18-,19-,20+,21+,22+,26+,27+,28+,29-,30-,31-,32-,33-,34-,37+,38+,39+/m0/s1. The minimum absolute atomic E-state index is 0.0379. The van der Waals surface area contributed by atoms with E-state index < -0.39 is 151 Å². The number of hydrogen-bond donors (Lipinski definition) is 15. The molecule has 3 rings (SSSR count). The third-order valence-corrected chi connectivity index (χ3v) is 14.6. The number of imide groups is 1. The fourth-order valence-corrected chi connectivity index (χ4v) is 10.4. The van der Waals surface area contributed by atoms with Crippen molar-refractivity contribution in [2.24, 2.45) is 11.5 Å². The van der Waals surface area contributed by atoms with Crippen LogP contribution in [0.3, 0.4) is 0 Å². The van der Waals surface area contributed by atoms with Crippen molar-refractivity contribution in [3.63, 3.8) is 0 Å². The van der Waals surface area contributed by atoms with Crippen LogP contribution in [0.2, 0.25) is 0 Å². The summed E-state index contributed by atoms with van der Waals surface area (Å²) in [6.07, 6.45) is -17.8. The number of aliphatic hydroxyl groups is 12. The average molecular weight is 1030 g/mol. The first-order valence-electron chi connectivity index (χ1n) is 21.9. The highest BCUT2D eigenvalue weighted by Crippen LogP contribution is 2.32. The minimum atomic E-state index is -1.66. The Morgan fingerprint density at radius 1 is 0.552 bits per heavy atom. The maximum atomic E-state index is 13.6. The molecule has 3 fully saturated rings. The highest BCUT2D eigenvalue weighted by Gasteiger charge is 2.46. The van der Waals surface area contributed by atoms with Crippen LogP contribution in [0.5, 0.6) is 0 Å². The molecule has 0 bridgehead atoms. The fraction of sp³-hybridized carbons (Fsp3) is 0.872. The van der Waals surface area contributed by atoms with Crippen molar-refractivity contribution in [1.82, 2.24) is 10.2 Å². The van der Waals surface area contributed by atoms with Crippen molar-refractivity contribution >= 4 is 64.9 Å². The Morgan fingerprint density at radius 2 is 0.955 bits per heavy atom. The van der Waals surface area contributed by atoms with Crippen LogP contribution in [0.25, 0.3) is 0 Å². The van der Waals surface area contributed by atoms with Gasteiger partial charge in [0.25, 0.3) is 0 Å². The first-order valence-corrected chi connectivity index (χ1v) is 25.1. The van der Waals surface area contributed by atoms with Crippen LogP contribution in [-0.2, 0) is 42.9 Å². The smallest absolute Gasteiger partial charge is 0.336 e. The molecular weight excluding hydrogens is 957 g/mol. The van der Waals surface area contributed by atoms with Crippen LogP contribution in [-0.4, -0.2) is 248 Å². The van der Waals surface area contributed by atoms with E-state index in [0.717, 1.165) is 40.2 Å². The number of hydrogen-bond acceptors (Lipinski definition) is 26. The third kappa shape index (κ3) is 17.7. The van der Waals surface area contributed by atoms with Gasteiger partial charge in [-0.3, -0.25) is 19.3 Å². The van der Waals surface area contributed by atoms with E-state index in [9.17, 15) is 85.3 Å². The maximum Gasteiger partial charge on any atom is 0.336 e. The van der Waals surface area contributed by atoms with Gasteiger partial charge in [0.2, 0.25) is 17.7 Å². The summed E-state index contributed by atoms with van der Waals surface area (Å²) >= 11 is 2.66. The molecule has 17 atom stereocenters.